The summed E-state index contributed by atoms with van der Waals surface area (Å²) in [5.74, 6) is 0. The van der Waals surface area contributed by atoms with Crippen molar-refractivity contribution < 1.29 is 0 Å². The van der Waals surface area contributed by atoms with Gasteiger partial charge in [0.2, 0.25) is 0 Å². The molecule has 0 radical (unpaired) electrons. The monoisotopic (exact) mass is 462 g/mol. The van der Waals surface area contributed by atoms with Crippen LogP contribution in [0.5, 0.6) is 0 Å². The van der Waals surface area contributed by atoms with E-state index >= 15 is 0 Å². The van der Waals surface area contributed by atoms with Crippen LogP contribution in [0.4, 0.5) is 11.4 Å². The van der Waals surface area contributed by atoms with Crippen molar-refractivity contribution in [2.75, 3.05) is 23.7 Å². The van der Waals surface area contributed by atoms with Crippen LogP contribution in [0.1, 0.15) is 0 Å². The Morgan fingerprint density at radius 1 is 0.333 bits per heavy atom. The van der Waals surface area contributed by atoms with Gasteiger partial charge < -0.3 is 10.6 Å². The Hall–Kier alpha value is -4.56. The minimum absolute atomic E-state index is 0.923. The zero-order chi connectivity index (χ0) is 23.9. The van der Waals surface area contributed by atoms with Crippen LogP contribution < -0.4 is 10.6 Å². The molecule has 1 heterocycles. The molecule has 0 aromatic heterocycles. The predicted octanol–water partition coefficient (Wildman–Crippen LogP) is 8.83. The Bertz CT molecular complexity index is 1660. The number of anilines is 2. The van der Waals surface area contributed by atoms with Gasteiger partial charge in [0, 0.05) is 23.9 Å². The molecule has 2 N–H and O–H groups in total. The van der Waals surface area contributed by atoms with Crippen molar-refractivity contribution in [1.29, 1.82) is 0 Å². The largest absolute Gasteiger partial charge is 0.381 e. The van der Waals surface area contributed by atoms with Gasteiger partial charge in [0.1, 0.15) is 0 Å². The smallest absolute Gasteiger partial charge is 0.0663 e. The normalized spacial score (nSPS) is 12.7. The van der Waals surface area contributed by atoms with Gasteiger partial charge in [-0.25, -0.2) is 0 Å². The van der Waals surface area contributed by atoms with E-state index < -0.39 is 0 Å². The maximum Gasteiger partial charge on any atom is 0.0663 e. The molecule has 0 aliphatic carbocycles. The van der Waals surface area contributed by atoms with E-state index in [1.807, 2.05) is 0 Å². The second-order valence-electron chi connectivity index (χ2n) is 9.44. The van der Waals surface area contributed by atoms with Gasteiger partial charge in [-0.3, -0.25) is 0 Å². The third-order valence-electron chi connectivity index (χ3n) is 7.23. The fourth-order valence-corrected chi connectivity index (χ4v) is 5.50. The van der Waals surface area contributed by atoms with Crippen LogP contribution >= 0.6 is 0 Å². The van der Waals surface area contributed by atoms with Gasteiger partial charge in [-0.05, 0) is 68.4 Å². The minimum Gasteiger partial charge on any atom is -0.381 e. The van der Waals surface area contributed by atoms with Crippen LogP contribution in [0.2, 0.25) is 0 Å². The van der Waals surface area contributed by atoms with Crippen molar-refractivity contribution in [2.45, 2.75) is 0 Å². The SMILES string of the molecule is c1ccc(-c2cc(-c3ccccc3)cc(-c3ccc4c(c3)c3c(c5ccccc54)NCCN3)c2)cc1. The van der Waals surface area contributed by atoms with Crippen molar-refractivity contribution in [3.63, 3.8) is 0 Å². The van der Waals surface area contributed by atoms with Crippen molar-refractivity contribution in [3.8, 4) is 33.4 Å². The van der Waals surface area contributed by atoms with E-state index in [9.17, 15) is 0 Å². The van der Waals surface area contributed by atoms with E-state index in [0.717, 1.165) is 13.1 Å². The van der Waals surface area contributed by atoms with Crippen LogP contribution in [0.25, 0.3) is 54.9 Å². The molecule has 0 saturated carbocycles. The predicted molar refractivity (Wildman–Crippen MR) is 155 cm³/mol. The molecule has 2 heteroatoms. The molecule has 0 amide bonds. The van der Waals surface area contributed by atoms with Gasteiger partial charge in [0.05, 0.1) is 11.4 Å². The number of nitrogens with one attached hydrogen (secondary N) is 2. The quantitative estimate of drug-likeness (QED) is 0.257. The van der Waals surface area contributed by atoms with Gasteiger partial charge in [-0.1, -0.05) is 97.1 Å². The van der Waals surface area contributed by atoms with Crippen LogP contribution in [-0.4, -0.2) is 13.1 Å². The van der Waals surface area contributed by atoms with E-state index in [4.69, 9.17) is 0 Å². The zero-order valence-electron chi connectivity index (χ0n) is 20.0. The molecule has 172 valence electrons. The Kier molecular flexibility index (Phi) is 4.96. The fourth-order valence-electron chi connectivity index (χ4n) is 5.50. The number of benzene rings is 6. The summed E-state index contributed by atoms with van der Waals surface area (Å²) in [6.45, 7) is 1.86. The maximum absolute atomic E-state index is 3.69. The molecule has 6 aromatic carbocycles. The molecule has 2 nitrogen and oxygen atoms in total. The lowest BCUT2D eigenvalue weighted by atomic mass is 9.91. The average Bonchev–Trinajstić information content (AvgIpc) is 2.98. The molecule has 0 saturated heterocycles. The standard InChI is InChI=1S/C34H26N2/c1-3-9-23(10-4-1)26-19-27(24-11-5-2-6-12-24)21-28(20-26)25-15-16-30-29-13-7-8-14-31(29)33-34(32(30)22-25)36-18-17-35-33/h1-16,19-22,35-36H,17-18H2. The average molecular weight is 463 g/mol. The maximum atomic E-state index is 3.69. The highest BCUT2D eigenvalue weighted by Gasteiger charge is 2.17. The zero-order valence-corrected chi connectivity index (χ0v) is 20.0. The number of hydrogen-bond donors (Lipinski definition) is 2. The van der Waals surface area contributed by atoms with Gasteiger partial charge in [-0.2, -0.15) is 0 Å². The molecule has 0 spiro atoms. The molecule has 36 heavy (non-hydrogen) atoms. The molecule has 0 atom stereocenters. The summed E-state index contributed by atoms with van der Waals surface area (Å²) >= 11 is 0. The van der Waals surface area contributed by atoms with Crippen LogP contribution in [0, 0.1) is 0 Å². The third-order valence-corrected chi connectivity index (χ3v) is 7.23. The summed E-state index contributed by atoms with van der Waals surface area (Å²) in [5.41, 5.74) is 9.78. The van der Waals surface area contributed by atoms with E-state index in [1.165, 1.54) is 66.3 Å². The topological polar surface area (TPSA) is 24.1 Å². The van der Waals surface area contributed by atoms with Crippen LogP contribution in [-0.2, 0) is 0 Å². The molecule has 0 bridgehead atoms. The summed E-state index contributed by atoms with van der Waals surface area (Å²) in [7, 11) is 0. The van der Waals surface area contributed by atoms with Crippen molar-refractivity contribution >= 4 is 32.9 Å². The van der Waals surface area contributed by atoms with E-state index in [0.29, 0.717) is 0 Å². The fraction of sp³-hybridized carbons (Fsp3) is 0.0588. The molecule has 6 aromatic rings. The summed E-state index contributed by atoms with van der Waals surface area (Å²) in [4.78, 5) is 0. The number of fused-ring (bicyclic) bond motifs is 6. The molecule has 0 unspecified atom stereocenters. The first-order valence-electron chi connectivity index (χ1n) is 12.6. The summed E-state index contributed by atoms with van der Waals surface area (Å²) in [6, 6.07) is 43.9. The van der Waals surface area contributed by atoms with Crippen LogP contribution in [0.3, 0.4) is 0 Å². The highest BCUT2D eigenvalue weighted by Crippen LogP contribution is 2.43. The lowest BCUT2D eigenvalue weighted by Crippen LogP contribution is -2.21. The highest BCUT2D eigenvalue weighted by atomic mass is 15.0. The Balaban J connectivity index is 1.47. The van der Waals surface area contributed by atoms with Crippen molar-refractivity contribution in [1.82, 2.24) is 0 Å². The van der Waals surface area contributed by atoms with E-state index in [2.05, 4.69) is 132 Å². The Labute approximate surface area is 211 Å². The second kappa shape index (κ2) is 8.58. The first-order valence-corrected chi connectivity index (χ1v) is 12.6. The first kappa shape index (κ1) is 20.8. The van der Waals surface area contributed by atoms with Gasteiger partial charge >= 0.3 is 0 Å². The van der Waals surface area contributed by atoms with E-state index in [-0.39, 0.29) is 0 Å². The Morgan fingerprint density at radius 3 is 1.42 bits per heavy atom. The van der Waals surface area contributed by atoms with Gasteiger partial charge in [0.25, 0.3) is 0 Å². The van der Waals surface area contributed by atoms with Crippen molar-refractivity contribution in [3.05, 3.63) is 121 Å². The second-order valence-corrected chi connectivity index (χ2v) is 9.44. The molecule has 7 rings (SSSR count). The number of hydrogen-bond acceptors (Lipinski definition) is 2. The molecule has 1 aliphatic heterocycles. The summed E-state index contributed by atoms with van der Waals surface area (Å²) in [6.07, 6.45) is 0. The Morgan fingerprint density at radius 2 is 0.806 bits per heavy atom. The van der Waals surface area contributed by atoms with Crippen molar-refractivity contribution in [2.24, 2.45) is 0 Å². The lowest BCUT2D eigenvalue weighted by molar-refractivity contribution is 1.06. The van der Waals surface area contributed by atoms with Gasteiger partial charge in [0.15, 0.2) is 0 Å². The molecule has 0 fully saturated rings. The summed E-state index contributed by atoms with van der Waals surface area (Å²) in [5, 5.41) is 12.5. The first-order chi connectivity index (χ1) is 17.8. The lowest BCUT2D eigenvalue weighted by Gasteiger charge is -2.24. The molecular weight excluding hydrogens is 436 g/mol. The minimum atomic E-state index is 0.923. The molecule has 1 aliphatic rings. The third kappa shape index (κ3) is 3.50. The van der Waals surface area contributed by atoms with Crippen LogP contribution in [0.15, 0.2) is 121 Å². The van der Waals surface area contributed by atoms with E-state index in [1.54, 1.807) is 0 Å². The van der Waals surface area contributed by atoms with Gasteiger partial charge in [-0.15, -0.1) is 0 Å². The number of rotatable bonds is 3. The highest BCUT2D eigenvalue weighted by molar-refractivity contribution is 6.21. The molecular formula is C34H26N2. The summed E-state index contributed by atoms with van der Waals surface area (Å²) < 4.78 is 0.